The molecule has 3 atom stereocenters. The van der Waals surface area contributed by atoms with Gasteiger partial charge in [-0.2, -0.15) is 5.10 Å². The lowest BCUT2D eigenvalue weighted by Crippen LogP contribution is -2.29. The number of nitrogens with one attached hydrogen (secondary N) is 1. The number of aliphatic hydroxyl groups is 1. The van der Waals surface area contributed by atoms with Crippen LogP contribution in [0, 0.1) is 12.8 Å². The van der Waals surface area contributed by atoms with Crippen LogP contribution in [-0.2, 0) is 6.54 Å². The number of hydrogen-bond acceptors (Lipinski definition) is 6. The first-order valence-electron chi connectivity index (χ1n) is 8.30. The average Bonchev–Trinajstić information content (AvgIpc) is 3.14. The van der Waals surface area contributed by atoms with Crippen molar-refractivity contribution in [1.29, 1.82) is 0 Å². The maximum atomic E-state index is 10.4. The number of anilines is 1. The van der Waals surface area contributed by atoms with Gasteiger partial charge in [0.15, 0.2) is 5.65 Å². The quantitative estimate of drug-likeness (QED) is 0.744. The highest BCUT2D eigenvalue weighted by Gasteiger charge is 2.33. The molecule has 3 aromatic rings. The van der Waals surface area contributed by atoms with Crippen molar-refractivity contribution in [1.82, 2.24) is 24.7 Å². The molecular weight excluding hydrogens is 340 g/mol. The van der Waals surface area contributed by atoms with Crippen molar-refractivity contribution in [3.05, 3.63) is 41.4 Å². The number of rotatable bonds is 4. The summed E-state index contributed by atoms with van der Waals surface area (Å²) in [7, 11) is 0. The Kier molecular flexibility index (Phi) is 4.27. The molecule has 8 heteroatoms. The van der Waals surface area contributed by atoms with Crippen LogP contribution in [0.15, 0.2) is 30.7 Å². The third kappa shape index (κ3) is 3.43. The largest absolute Gasteiger partial charge is 0.391 e. The summed E-state index contributed by atoms with van der Waals surface area (Å²) in [4.78, 5) is 13.3. The van der Waals surface area contributed by atoms with Crippen molar-refractivity contribution in [2.24, 2.45) is 5.92 Å². The zero-order valence-electron chi connectivity index (χ0n) is 13.8. The van der Waals surface area contributed by atoms with Gasteiger partial charge in [0.05, 0.1) is 29.1 Å². The molecule has 1 aliphatic carbocycles. The molecule has 0 radical (unpaired) electrons. The van der Waals surface area contributed by atoms with E-state index >= 15 is 0 Å². The highest BCUT2D eigenvalue weighted by Crippen LogP contribution is 2.30. The second-order valence-electron chi connectivity index (χ2n) is 6.54. The van der Waals surface area contributed by atoms with E-state index in [0.29, 0.717) is 28.8 Å². The summed E-state index contributed by atoms with van der Waals surface area (Å²) in [6, 6.07) is 3.67. The summed E-state index contributed by atoms with van der Waals surface area (Å²) >= 11 is 5.91. The van der Waals surface area contributed by atoms with Gasteiger partial charge in [-0.05, 0) is 37.8 Å². The molecule has 2 N–H and O–H groups in total. The number of fused-ring (bicyclic) bond motifs is 1. The van der Waals surface area contributed by atoms with Gasteiger partial charge in [0.2, 0.25) is 0 Å². The number of halogens is 1. The smallest absolute Gasteiger partial charge is 0.180 e. The zero-order valence-corrected chi connectivity index (χ0v) is 14.6. The molecule has 1 saturated carbocycles. The van der Waals surface area contributed by atoms with Crippen LogP contribution in [-0.4, -0.2) is 42.0 Å². The number of pyridine rings is 1. The number of aromatic nitrogens is 5. The van der Waals surface area contributed by atoms with E-state index in [0.717, 1.165) is 24.2 Å². The molecule has 4 rings (SSSR count). The van der Waals surface area contributed by atoms with Gasteiger partial charge in [0.1, 0.15) is 11.3 Å². The molecule has 0 aromatic carbocycles. The van der Waals surface area contributed by atoms with E-state index in [1.165, 1.54) is 0 Å². The monoisotopic (exact) mass is 358 g/mol. The molecule has 130 valence electrons. The first-order valence-corrected chi connectivity index (χ1v) is 8.68. The highest BCUT2D eigenvalue weighted by molar-refractivity contribution is 6.30. The number of nitrogens with zero attached hydrogens (tertiary/aromatic N) is 5. The standard InChI is InChI=1S/C17H19ClN6O/c1-10-16(23-17-13(21-10)3-2-4-19-17)22-14-5-11(6-15(14)25)8-24-9-12(18)7-20-24/h2-4,7,9,11,14-15,25H,5-6,8H2,1H3,(H,19,22,23)/t11?,14-,15-/m1/s1. The fourth-order valence-electron chi connectivity index (χ4n) is 3.42. The molecule has 0 amide bonds. The fourth-order valence-corrected chi connectivity index (χ4v) is 3.58. The van der Waals surface area contributed by atoms with Gasteiger partial charge in [-0.15, -0.1) is 0 Å². The van der Waals surface area contributed by atoms with Gasteiger partial charge in [-0.25, -0.2) is 15.0 Å². The van der Waals surface area contributed by atoms with Crippen LogP contribution in [0.25, 0.3) is 11.2 Å². The lowest BCUT2D eigenvalue weighted by molar-refractivity contribution is 0.166. The third-order valence-corrected chi connectivity index (χ3v) is 4.81. The van der Waals surface area contributed by atoms with Gasteiger partial charge in [-0.1, -0.05) is 11.6 Å². The molecule has 1 unspecified atom stereocenters. The Morgan fingerprint density at radius 2 is 2.24 bits per heavy atom. The minimum absolute atomic E-state index is 0.0646. The molecule has 1 fully saturated rings. The van der Waals surface area contributed by atoms with Gasteiger partial charge in [0, 0.05) is 18.9 Å². The summed E-state index contributed by atoms with van der Waals surface area (Å²) in [6.45, 7) is 2.65. The van der Waals surface area contributed by atoms with E-state index in [2.05, 4.69) is 25.4 Å². The Balaban J connectivity index is 1.48. The van der Waals surface area contributed by atoms with Crippen LogP contribution >= 0.6 is 11.6 Å². The van der Waals surface area contributed by atoms with Crippen molar-refractivity contribution in [2.45, 2.75) is 38.5 Å². The van der Waals surface area contributed by atoms with E-state index in [1.807, 2.05) is 23.7 Å². The number of aliphatic hydroxyl groups excluding tert-OH is 1. The Morgan fingerprint density at radius 1 is 1.36 bits per heavy atom. The second kappa shape index (κ2) is 6.57. The Morgan fingerprint density at radius 3 is 3.04 bits per heavy atom. The Hall–Kier alpha value is -2.25. The van der Waals surface area contributed by atoms with Crippen LogP contribution < -0.4 is 5.32 Å². The van der Waals surface area contributed by atoms with Gasteiger partial charge < -0.3 is 10.4 Å². The zero-order chi connectivity index (χ0) is 17.4. The van der Waals surface area contributed by atoms with Gasteiger partial charge in [0.25, 0.3) is 0 Å². The fraction of sp³-hybridized carbons (Fsp3) is 0.412. The summed E-state index contributed by atoms with van der Waals surface area (Å²) in [6.07, 6.45) is 6.25. The molecule has 0 spiro atoms. The first kappa shape index (κ1) is 16.2. The van der Waals surface area contributed by atoms with Crippen molar-refractivity contribution in [3.8, 4) is 0 Å². The van der Waals surface area contributed by atoms with Crippen molar-refractivity contribution in [2.75, 3.05) is 5.32 Å². The summed E-state index contributed by atoms with van der Waals surface area (Å²) in [5, 5.41) is 18.6. The highest BCUT2D eigenvalue weighted by atomic mass is 35.5. The minimum atomic E-state index is -0.434. The summed E-state index contributed by atoms with van der Waals surface area (Å²) in [5.41, 5.74) is 2.17. The molecule has 3 aromatic heterocycles. The lowest BCUT2D eigenvalue weighted by Gasteiger charge is -2.18. The molecular formula is C17H19ClN6O. The maximum absolute atomic E-state index is 10.4. The van der Waals surface area contributed by atoms with E-state index in [1.54, 1.807) is 18.6 Å². The first-order chi connectivity index (χ1) is 12.1. The minimum Gasteiger partial charge on any atom is -0.391 e. The lowest BCUT2D eigenvalue weighted by atomic mass is 10.1. The van der Waals surface area contributed by atoms with Crippen molar-refractivity contribution in [3.63, 3.8) is 0 Å². The predicted molar refractivity (Wildman–Crippen MR) is 95.4 cm³/mol. The van der Waals surface area contributed by atoms with E-state index < -0.39 is 6.10 Å². The third-order valence-electron chi connectivity index (χ3n) is 4.61. The van der Waals surface area contributed by atoms with Gasteiger partial charge in [-0.3, -0.25) is 4.68 Å². The molecule has 1 aliphatic rings. The SMILES string of the molecule is Cc1nc2cccnc2nc1N[C@@H]1CC(Cn2cc(Cl)cn2)C[C@H]1O. The molecule has 7 nitrogen and oxygen atoms in total. The summed E-state index contributed by atoms with van der Waals surface area (Å²) < 4.78 is 1.83. The Bertz CT molecular complexity index is 898. The van der Waals surface area contributed by atoms with E-state index in [-0.39, 0.29) is 6.04 Å². The molecule has 3 heterocycles. The van der Waals surface area contributed by atoms with E-state index in [4.69, 9.17) is 11.6 Å². The molecule has 0 saturated heterocycles. The normalized spacial score (nSPS) is 23.2. The molecule has 25 heavy (non-hydrogen) atoms. The van der Waals surface area contributed by atoms with Gasteiger partial charge >= 0.3 is 0 Å². The summed E-state index contributed by atoms with van der Waals surface area (Å²) in [5.74, 6) is 1.01. The Labute approximate surface area is 150 Å². The number of hydrogen-bond donors (Lipinski definition) is 2. The van der Waals surface area contributed by atoms with Crippen LogP contribution in [0.1, 0.15) is 18.5 Å². The van der Waals surface area contributed by atoms with Crippen LogP contribution in [0.2, 0.25) is 5.02 Å². The number of aryl methyl sites for hydroxylation is 1. The van der Waals surface area contributed by atoms with Crippen LogP contribution in [0.3, 0.4) is 0 Å². The average molecular weight is 359 g/mol. The molecule has 0 bridgehead atoms. The maximum Gasteiger partial charge on any atom is 0.180 e. The van der Waals surface area contributed by atoms with E-state index in [9.17, 15) is 5.11 Å². The second-order valence-corrected chi connectivity index (χ2v) is 6.98. The van der Waals surface area contributed by atoms with Crippen molar-refractivity contribution < 1.29 is 5.11 Å². The molecule has 0 aliphatic heterocycles. The topological polar surface area (TPSA) is 88.8 Å². The van der Waals surface area contributed by atoms with Crippen LogP contribution in [0.5, 0.6) is 0 Å². The van der Waals surface area contributed by atoms with Crippen LogP contribution in [0.4, 0.5) is 5.82 Å². The predicted octanol–water partition coefficient (Wildman–Crippen LogP) is 2.43. The van der Waals surface area contributed by atoms with Crippen molar-refractivity contribution >= 4 is 28.6 Å².